The van der Waals surface area contributed by atoms with Crippen molar-refractivity contribution < 1.29 is 14.6 Å². The molecule has 2 aromatic carbocycles. The minimum atomic E-state index is -0.148. The summed E-state index contributed by atoms with van der Waals surface area (Å²) in [6.07, 6.45) is 3.24. The van der Waals surface area contributed by atoms with Crippen molar-refractivity contribution in [2.75, 3.05) is 25.5 Å². The Bertz CT molecular complexity index is 1150. The second-order valence-electron chi connectivity index (χ2n) is 7.17. The Morgan fingerprint density at radius 3 is 2.81 bits per heavy atom. The summed E-state index contributed by atoms with van der Waals surface area (Å²) in [5.41, 5.74) is 2.99. The zero-order chi connectivity index (χ0) is 22.0. The van der Waals surface area contributed by atoms with Gasteiger partial charge in [-0.1, -0.05) is 24.8 Å². The molecule has 1 fully saturated rings. The summed E-state index contributed by atoms with van der Waals surface area (Å²) in [6, 6.07) is 9.05. The molecule has 4 rings (SSSR count). The van der Waals surface area contributed by atoms with E-state index < -0.39 is 0 Å². The molecule has 0 radical (unpaired) electrons. The minimum Gasteiger partial charge on any atom is -0.493 e. The molecule has 2 heterocycles. The van der Waals surface area contributed by atoms with Crippen molar-refractivity contribution in [2.24, 2.45) is 0 Å². The van der Waals surface area contributed by atoms with Crippen molar-refractivity contribution in [3.8, 4) is 11.5 Å². The summed E-state index contributed by atoms with van der Waals surface area (Å²) in [4.78, 5) is 10.9. The van der Waals surface area contributed by atoms with E-state index in [2.05, 4.69) is 33.3 Å². The van der Waals surface area contributed by atoms with Gasteiger partial charge in [-0.05, 0) is 35.9 Å². The topological polar surface area (TPSA) is 79.7 Å². The van der Waals surface area contributed by atoms with E-state index in [1.165, 1.54) is 6.33 Å². The maximum absolute atomic E-state index is 9.47. The molecule has 1 aliphatic heterocycles. The average Bonchev–Trinajstić information content (AvgIpc) is 2.76. The van der Waals surface area contributed by atoms with Crippen LogP contribution in [0.5, 0.6) is 11.5 Å². The average molecular weight is 439 g/mol. The molecule has 7 nitrogen and oxygen atoms in total. The molecule has 1 aliphatic rings. The van der Waals surface area contributed by atoms with E-state index in [0.29, 0.717) is 33.4 Å². The number of nitrogens with zero attached hydrogens (tertiary/aromatic N) is 3. The lowest BCUT2D eigenvalue weighted by atomic mass is 10.1. The summed E-state index contributed by atoms with van der Waals surface area (Å²) < 4.78 is 11.7. The Balaban J connectivity index is 1.63. The number of likely N-dealkylation sites (tertiary alicyclic amines) is 1. The highest BCUT2D eigenvalue weighted by Gasteiger charge is 2.29. The van der Waals surface area contributed by atoms with Gasteiger partial charge < -0.3 is 24.8 Å². The summed E-state index contributed by atoms with van der Waals surface area (Å²) in [6.45, 7) is 9.03. The predicted molar refractivity (Wildman–Crippen MR) is 122 cm³/mol. The van der Waals surface area contributed by atoms with Crippen LogP contribution >= 0.6 is 11.6 Å². The van der Waals surface area contributed by atoms with Crippen molar-refractivity contribution >= 4 is 34.0 Å². The molecule has 0 bridgehead atoms. The number of hydrogen-bond donors (Lipinski definition) is 2. The van der Waals surface area contributed by atoms with Gasteiger partial charge in [0.2, 0.25) is 0 Å². The number of aliphatic hydroxyl groups is 1. The van der Waals surface area contributed by atoms with Gasteiger partial charge in [0, 0.05) is 27.9 Å². The summed E-state index contributed by atoms with van der Waals surface area (Å²) in [7, 11) is 1.60. The zero-order valence-electron chi connectivity index (χ0n) is 17.1. The lowest BCUT2D eigenvalue weighted by molar-refractivity contribution is 0.0454. The summed E-state index contributed by atoms with van der Waals surface area (Å²) >= 11 is 6.10. The molecule has 1 aromatic heterocycles. The van der Waals surface area contributed by atoms with Gasteiger partial charge in [-0.15, -0.1) is 0 Å². The first kappa shape index (κ1) is 21.0. The van der Waals surface area contributed by atoms with Crippen LogP contribution in [0.25, 0.3) is 10.9 Å². The van der Waals surface area contributed by atoms with Crippen LogP contribution in [-0.2, 0) is 6.61 Å². The van der Waals surface area contributed by atoms with Crippen molar-refractivity contribution in [1.29, 1.82) is 0 Å². The molecular formula is C23H23ClN4O3. The molecule has 0 aliphatic carbocycles. The number of aromatic nitrogens is 2. The van der Waals surface area contributed by atoms with E-state index in [1.807, 2.05) is 18.2 Å². The van der Waals surface area contributed by atoms with Gasteiger partial charge in [0.15, 0.2) is 11.5 Å². The number of hydrogen-bond acceptors (Lipinski definition) is 7. The fraction of sp³-hybridized carbons (Fsp3) is 0.217. The van der Waals surface area contributed by atoms with E-state index in [4.69, 9.17) is 21.1 Å². The van der Waals surface area contributed by atoms with Crippen LogP contribution in [0.1, 0.15) is 5.56 Å². The van der Waals surface area contributed by atoms with Crippen LogP contribution in [0, 0.1) is 0 Å². The number of benzene rings is 2. The van der Waals surface area contributed by atoms with Gasteiger partial charge in [0.1, 0.15) is 18.2 Å². The van der Waals surface area contributed by atoms with Crippen LogP contribution in [0.15, 0.2) is 61.6 Å². The molecule has 31 heavy (non-hydrogen) atoms. The van der Waals surface area contributed by atoms with E-state index in [-0.39, 0.29) is 12.7 Å². The molecule has 0 amide bonds. The van der Waals surface area contributed by atoms with E-state index in [0.717, 1.165) is 29.9 Å². The summed E-state index contributed by atoms with van der Waals surface area (Å²) in [5.74, 6) is 1.83. The Labute approximate surface area is 185 Å². The smallest absolute Gasteiger partial charge is 0.162 e. The van der Waals surface area contributed by atoms with Crippen molar-refractivity contribution in [1.82, 2.24) is 14.9 Å². The molecule has 160 valence electrons. The highest BCUT2D eigenvalue weighted by molar-refractivity contribution is 6.31. The Kier molecular flexibility index (Phi) is 5.97. The number of anilines is 2. The highest BCUT2D eigenvalue weighted by Crippen LogP contribution is 2.36. The summed E-state index contributed by atoms with van der Waals surface area (Å²) in [5, 5.41) is 14.0. The Morgan fingerprint density at radius 1 is 1.29 bits per heavy atom. The van der Waals surface area contributed by atoms with Gasteiger partial charge in [-0.25, -0.2) is 9.97 Å². The Morgan fingerprint density at radius 2 is 2.10 bits per heavy atom. The maximum atomic E-state index is 9.47. The van der Waals surface area contributed by atoms with Crippen LogP contribution in [0.2, 0.25) is 5.02 Å². The minimum absolute atomic E-state index is 0.0208. The van der Waals surface area contributed by atoms with Crippen LogP contribution in [0.3, 0.4) is 0 Å². The lowest BCUT2D eigenvalue weighted by Gasteiger charge is -2.41. The Hall–Kier alpha value is -3.29. The van der Waals surface area contributed by atoms with Crippen LogP contribution < -0.4 is 14.8 Å². The van der Waals surface area contributed by atoms with Crippen molar-refractivity contribution in [2.45, 2.75) is 12.7 Å². The third kappa shape index (κ3) is 4.28. The highest BCUT2D eigenvalue weighted by atomic mass is 35.5. The first-order chi connectivity index (χ1) is 15.0. The van der Waals surface area contributed by atoms with Gasteiger partial charge in [-0.2, -0.15) is 0 Å². The molecule has 0 unspecified atom stereocenters. The molecule has 2 N–H and O–H groups in total. The van der Waals surface area contributed by atoms with Gasteiger partial charge in [0.25, 0.3) is 0 Å². The molecule has 0 saturated carbocycles. The molecule has 0 atom stereocenters. The number of nitrogens with one attached hydrogen (secondary N) is 1. The van der Waals surface area contributed by atoms with E-state index in [9.17, 15) is 5.11 Å². The van der Waals surface area contributed by atoms with Gasteiger partial charge in [-0.3, -0.25) is 0 Å². The SMILES string of the molecule is C=CC(=C)N1CC(Oc2cc3c(Nc4ccc(Cl)c(CO)c4)ncnc3cc2OC)C1. The van der Waals surface area contributed by atoms with Crippen LogP contribution in [0.4, 0.5) is 11.5 Å². The van der Waals surface area contributed by atoms with Crippen molar-refractivity contribution in [3.63, 3.8) is 0 Å². The first-order valence-electron chi connectivity index (χ1n) is 9.74. The number of aliphatic hydroxyl groups excluding tert-OH is 1. The van der Waals surface area contributed by atoms with Crippen molar-refractivity contribution in [3.05, 3.63) is 72.2 Å². The lowest BCUT2D eigenvalue weighted by Crippen LogP contribution is -2.52. The third-order valence-corrected chi connectivity index (χ3v) is 5.55. The van der Waals surface area contributed by atoms with E-state index in [1.54, 1.807) is 25.3 Å². The number of halogens is 1. The monoisotopic (exact) mass is 438 g/mol. The zero-order valence-corrected chi connectivity index (χ0v) is 17.9. The second-order valence-corrected chi connectivity index (χ2v) is 7.58. The van der Waals surface area contributed by atoms with Crippen LogP contribution in [-0.4, -0.2) is 46.3 Å². The second kappa shape index (κ2) is 8.83. The fourth-order valence-corrected chi connectivity index (χ4v) is 3.56. The quantitative estimate of drug-likeness (QED) is 0.508. The number of allylic oxidation sites excluding steroid dienone is 1. The first-order valence-corrected chi connectivity index (χ1v) is 10.1. The molecule has 3 aromatic rings. The number of methoxy groups -OCH3 is 1. The third-order valence-electron chi connectivity index (χ3n) is 5.18. The number of ether oxygens (including phenoxy) is 2. The largest absolute Gasteiger partial charge is 0.493 e. The number of rotatable bonds is 8. The normalized spacial score (nSPS) is 13.6. The maximum Gasteiger partial charge on any atom is 0.162 e. The standard InChI is InChI=1S/C23H23ClN4O3/c1-4-14(2)28-10-17(11-28)31-22-8-18-20(9-21(22)30-3)25-13-26-23(18)27-16-5-6-19(24)15(7-16)12-29/h4-9,13,17,29H,1-2,10-12H2,3H3,(H,25,26,27). The molecular weight excluding hydrogens is 416 g/mol. The number of fused-ring (bicyclic) bond motifs is 1. The van der Waals surface area contributed by atoms with E-state index >= 15 is 0 Å². The molecule has 0 spiro atoms. The molecule has 1 saturated heterocycles. The predicted octanol–water partition coefficient (Wildman–Crippen LogP) is 4.29. The van der Waals surface area contributed by atoms with Gasteiger partial charge >= 0.3 is 0 Å². The van der Waals surface area contributed by atoms with Gasteiger partial charge in [0.05, 0.1) is 32.3 Å². The fourth-order valence-electron chi connectivity index (χ4n) is 3.38. The molecule has 8 heteroatoms.